The van der Waals surface area contributed by atoms with Crippen molar-refractivity contribution in [3.63, 3.8) is 0 Å². The van der Waals surface area contributed by atoms with E-state index in [9.17, 15) is 14.7 Å². The third-order valence-electron chi connectivity index (χ3n) is 10.2. The molecule has 2 aliphatic rings. The van der Waals surface area contributed by atoms with Gasteiger partial charge in [0, 0.05) is 22.0 Å². The van der Waals surface area contributed by atoms with E-state index in [-0.39, 0.29) is 37.0 Å². The highest BCUT2D eigenvalue weighted by atomic mass is 79.9. The maximum atomic E-state index is 11.7. The number of nitrogens with zero attached hydrogens (tertiary/aromatic N) is 2. The highest BCUT2D eigenvalue weighted by Gasteiger charge is 2.25. The highest BCUT2D eigenvalue weighted by molar-refractivity contribution is 9.09. The van der Waals surface area contributed by atoms with E-state index in [1.165, 1.54) is 11.1 Å². The van der Waals surface area contributed by atoms with E-state index in [4.69, 9.17) is 27.8 Å². The zero-order valence-corrected chi connectivity index (χ0v) is 38.2. The number of hydrogen-bond donors (Lipinski definition) is 1. The van der Waals surface area contributed by atoms with Gasteiger partial charge in [-0.25, -0.2) is 19.6 Å². The molecule has 2 aliphatic carbocycles. The lowest BCUT2D eigenvalue weighted by atomic mass is 9.95. The maximum Gasteiger partial charge on any atom is 0.335 e. The standard InChI is InChI=1S/C24H31NO5.C18H23NO3.C6H9BrO2/c1-5-27-24(26)17(3)14-28-20-10-7-11-21(13-20)29-15-22-18(4)30-23(25-22)19-9-6-8-16(2)12-19;1-12-5-3-6-14(9-12)18-19-17(13(2)22-18)11-21-16-8-4-7-15(20)10-16;1-3-9-6(8)5(2)4-7/h6,8-9,12,20-21H,3,5,7,10-11,13-15H2,1-2,4H3;3,5-6,9,15-16,20H,4,7-8,10-11H2,1-2H3;2-4H2,1H3/t20-,21+;15-,16+;/m11./s1. The third kappa shape index (κ3) is 16.4. The number of carbonyl (C=O) groups excluding carboxylic acids is 2. The van der Waals surface area contributed by atoms with Crippen molar-refractivity contribution in [3.05, 3.63) is 107 Å². The van der Waals surface area contributed by atoms with Crippen LogP contribution in [-0.4, -0.2) is 76.6 Å². The Morgan fingerprint density at radius 3 is 1.62 bits per heavy atom. The van der Waals surface area contributed by atoms with Crippen LogP contribution in [-0.2, 0) is 46.5 Å². The average Bonchev–Trinajstić information content (AvgIpc) is 3.82. The van der Waals surface area contributed by atoms with Crippen LogP contribution in [0.5, 0.6) is 0 Å². The van der Waals surface area contributed by atoms with Crippen molar-refractivity contribution in [2.24, 2.45) is 0 Å². The molecule has 12 nitrogen and oxygen atoms in total. The molecule has 0 amide bonds. The number of aliphatic hydroxyl groups excluding tert-OH is 1. The van der Waals surface area contributed by atoms with Crippen LogP contribution in [0.15, 0.2) is 81.7 Å². The average molecular weight is 908 g/mol. The quantitative estimate of drug-likeness (QED) is 0.0647. The summed E-state index contributed by atoms with van der Waals surface area (Å²) in [4.78, 5) is 31.5. The van der Waals surface area contributed by atoms with Crippen molar-refractivity contribution in [1.82, 2.24) is 9.97 Å². The molecular weight excluding hydrogens is 844 g/mol. The van der Waals surface area contributed by atoms with Crippen molar-refractivity contribution in [2.75, 3.05) is 25.2 Å². The number of esters is 2. The zero-order chi connectivity index (χ0) is 44.3. The first-order valence-electron chi connectivity index (χ1n) is 21.1. The fourth-order valence-electron chi connectivity index (χ4n) is 6.80. The van der Waals surface area contributed by atoms with Crippen LogP contribution < -0.4 is 0 Å². The lowest BCUT2D eigenvalue weighted by Gasteiger charge is -2.29. The summed E-state index contributed by atoms with van der Waals surface area (Å²) in [5, 5.41) is 10.2. The van der Waals surface area contributed by atoms with Gasteiger partial charge in [0.15, 0.2) is 0 Å². The fourth-order valence-corrected chi connectivity index (χ4v) is 7.02. The number of ether oxygens (including phenoxy) is 5. The van der Waals surface area contributed by atoms with E-state index in [1.54, 1.807) is 13.8 Å². The number of aromatic nitrogens is 2. The predicted molar refractivity (Wildman–Crippen MR) is 238 cm³/mol. The Hall–Kier alpha value is -4.40. The summed E-state index contributed by atoms with van der Waals surface area (Å²) in [6.45, 7) is 20.5. The Morgan fingerprint density at radius 1 is 0.705 bits per heavy atom. The smallest absolute Gasteiger partial charge is 0.335 e. The summed E-state index contributed by atoms with van der Waals surface area (Å²) in [6, 6.07) is 16.2. The lowest BCUT2D eigenvalue weighted by Crippen LogP contribution is -2.29. The number of alkyl halides is 1. The molecule has 0 radical (unpaired) electrons. The molecule has 4 atom stereocenters. The van der Waals surface area contributed by atoms with Crippen LogP contribution in [0.3, 0.4) is 0 Å². The molecule has 13 heteroatoms. The largest absolute Gasteiger partial charge is 0.463 e. The molecule has 332 valence electrons. The molecule has 0 unspecified atom stereocenters. The van der Waals surface area contributed by atoms with Crippen LogP contribution in [0.4, 0.5) is 0 Å². The number of benzene rings is 2. The van der Waals surface area contributed by atoms with Crippen molar-refractivity contribution < 1.29 is 47.2 Å². The molecule has 61 heavy (non-hydrogen) atoms. The van der Waals surface area contributed by atoms with Gasteiger partial charge in [0.05, 0.1) is 63.0 Å². The summed E-state index contributed by atoms with van der Waals surface area (Å²) >= 11 is 3.08. The summed E-state index contributed by atoms with van der Waals surface area (Å²) in [5.74, 6) is 2.12. The molecule has 4 aromatic rings. The molecule has 0 aliphatic heterocycles. The molecular formula is C48H63BrN2O10. The second-order valence-electron chi connectivity index (χ2n) is 15.4. The molecule has 0 saturated heterocycles. The lowest BCUT2D eigenvalue weighted by molar-refractivity contribution is -0.140. The van der Waals surface area contributed by atoms with Crippen LogP contribution >= 0.6 is 15.9 Å². The van der Waals surface area contributed by atoms with Crippen LogP contribution in [0.2, 0.25) is 0 Å². The van der Waals surface area contributed by atoms with E-state index in [1.807, 2.05) is 51.1 Å². The summed E-state index contributed by atoms with van der Waals surface area (Å²) in [6.07, 6.45) is 7.46. The number of hydrogen-bond acceptors (Lipinski definition) is 12. The number of aliphatic hydroxyl groups is 1. The molecule has 0 spiro atoms. The Balaban J connectivity index is 0.000000231. The molecule has 1 N–H and O–H groups in total. The first kappa shape index (κ1) is 49.3. The van der Waals surface area contributed by atoms with Gasteiger partial charge >= 0.3 is 11.9 Å². The van der Waals surface area contributed by atoms with Gasteiger partial charge in [0.1, 0.15) is 22.9 Å². The fraction of sp³-hybridized carbons (Fsp3) is 0.500. The topological polar surface area (TPSA) is 153 Å². The predicted octanol–water partition coefficient (Wildman–Crippen LogP) is 10.2. The summed E-state index contributed by atoms with van der Waals surface area (Å²) in [5.41, 5.74) is 6.78. The van der Waals surface area contributed by atoms with E-state index in [2.05, 4.69) is 68.9 Å². The van der Waals surface area contributed by atoms with Crippen LogP contribution in [0.1, 0.15) is 99.2 Å². The minimum Gasteiger partial charge on any atom is -0.463 e. The number of halogens is 1. The molecule has 2 saturated carbocycles. The molecule has 2 aromatic heterocycles. The van der Waals surface area contributed by atoms with Crippen molar-refractivity contribution in [3.8, 4) is 22.9 Å². The van der Waals surface area contributed by atoms with E-state index in [0.717, 1.165) is 85.4 Å². The van der Waals surface area contributed by atoms with Crippen LogP contribution in [0, 0.1) is 27.7 Å². The van der Waals surface area contributed by atoms with E-state index >= 15 is 0 Å². The van der Waals surface area contributed by atoms with Gasteiger partial charge in [0.25, 0.3) is 0 Å². The van der Waals surface area contributed by atoms with Gasteiger partial charge in [-0.3, -0.25) is 0 Å². The van der Waals surface area contributed by atoms with Crippen LogP contribution in [0.25, 0.3) is 22.9 Å². The first-order valence-corrected chi connectivity index (χ1v) is 22.3. The number of rotatable bonds is 16. The number of aryl methyl sites for hydroxylation is 4. The normalized spacial score (nSPS) is 18.5. The Morgan fingerprint density at radius 2 is 1.16 bits per heavy atom. The first-order chi connectivity index (χ1) is 29.3. The maximum absolute atomic E-state index is 11.7. The Bertz CT molecular complexity index is 2020. The van der Waals surface area contributed by atoms with Crippen molar-refractivity contribution in [2.45, 2.75) is 131 Å². The monoisotopic (exact) mass is 906 g/mol. The number of oxazole rings is 2. The second kappa shape index (κ2) is 25.5. The van der Waals surface area contributed by atoms with E-state index in [0.29, 0.717) is 54.7 Å². The summed E-state index contributed by atoms with van der Waals surface area (Å²) in [7, 11) is 0. The Kier molecular flexibility index (Phi) is 20.6. The van der Waals surface area contributed by atoms with Gasteiger partial charge in [-0.15, -0.1) is 0 Å². The molecule has 6 rings (SSSR count). The minimum atomic E-state index is -0.396. The van der Waals surface area contributed by atoms with Gasteiger partial charge < -0.3 is 37.6 Å². The van der Waals surface area contributed by atoms with Gasteiger partial charge in [-0.1, -0.05) is 64.5 Å². The van der Waals surface area contributed by atoms with E-state index < -0.39 is 5.97 Å². The van der Waals surface area contributed by atoms with Gasteiger partial charge in [-0.2, -0.15) is 0 Å². The molecule has 2 fully saturated rings. The number of carbonyl (C=O) groups is 2. The summed E-state index contributed by atoms with van der Waals surface area (Å²) < 4.78 is 39.1. The van der Waals surface area contributed by atoms with Gasteiger partial charge in [0.2, 0.25) is 11.8 Å². The second-order valence-corrected chi connectivity index (χ2v) is 15.9. The third-order valence-corrected chi connectivity index (χ3v) is 10.9. The Labute approximate surface area is 369 Å². The van der Waals surface area contributed by atoms with Crippen molar-refractivity contribution in [1.29, 1.82) is 0 Å². The SMILES string of the molecule is C=C(CBr)C(=O)OCC.C=C(CO[C@@H]1CCC[C@H](OCc2nc(-c3cccc(C)c3)oc2C)C1)C(=O)OCC.Cc1cccc(-c2nc(CO[C@H]3CCC[C@@H](O)C3)c(C)o2)c1. The molecule has 2 heterocycles. The molecule has 0 bridgehead atoms. The van der Waals surface area contributed by atoms with Gasteiger partial charge in [-0.05, 0) is 117 Å². The zero-order valence-electron chi connectivity index (χ0n) is 36.6. The van der Waals surface area contributed by atoms with Crippen molar-refractivity contribution >= 4 is 27.9 Å². The minimum absolute atomic E-state index is 0.0520. The molecule has 2 aromatic carbocycles. The highest BCUT2D eigenvalue weighted by Crippen LogP contribution is 2.28.